The lowest BCUT2D eigenvalue weighted by Gasteiger charge is -2.22. The van der Waals surface area contributed by atoms with E-state index >= 15 is 0 Å². The molecule has 1 heterocycles. The fraction of sp³-hybridized carbons (Fsp3) is 0.636. The number of hydrogen-bond acceptors (Lipinski definition) is 4. The van der Waals surface area contributed by atoms with E-state index in [-0.39, 0.29) is 16.5 Å². The highest BCUT2D eigenvalue weighted by Gasteiger charge is 2.38. The van der Waals surface area contributed by atoms with Gasteiger partial charge in [-0.25, -0.2) is 4.98 Å². The molecule has 0 bridgehead atoms. The van der Waals surface area contributed by atoms with Gasteiger partial charge < -0.3 is 10.2 Å². The average Bonchev–Trinajstić information content (AvgIpc) is 3.10. The first-order chi connectivity index (χ1) is 14.3. The zero-order chi connectivity index (χ0) is 22.1. The Morgan fingerprint density at radius 2 is 1.83 bits per heavy atom. The molecule has 8 heteroatoms. The maximum Gasteiger partial charge on any atom is 0.416 e. The third-order valence-corrected chi connectivity index (χ3v) is 6.19. The quantitative estimate of drug-likeness (QED) is 0.443. The fourth-order valence-electron chi connectivity index (χ4n) is 3.30. The van der Waals surface area contributed by atoms with Crippen LogP contribution in [0.2, 0.25) is 0 Å². The molecule has 0 aromatic carbocycles. The largest absolute Gasteiger partial charge is 0.416 e. The fourth-order valence-corrected chi connectivity index (χ4v) is 4.39. The summed E-state index contributed by atoms with van der Waals surface area (Å²) in [6.07, 6.45) is 3.35. The predicted octanol–water partition coefficient (Wildman–Crippen LogP) is 5.75. The summed E-state index contributed by atoms with van der Waals surface area (Å²) >= 11 is 1.07. The Morgan fingerprint density at radius 3 is 2.50 bits per heavy atom. The van der Waals surface area contributed by atoms with Gasteiger partial charge in [-0.15, -0.1) is 11.3 Å². The monoisotopic (exact) mass is 443 g/mol. The van der Waals surface area contributed by atoms with Crippen molar-refractivity contribution in [3.63, 3.8) is 0 Å². The van der Waals surface area contributed by atoms with E-state index in [1.165, 1.54) is 6.08 Å². The molecule has 0 radical (unpaired) electrons. The van der Waals surface area contributed by atoms with Crippen LogP contribution in [0.1, 0.15) is 72.7 Å². The van der Waals surface area contributed by atoms with Gasteiger partial charge in [0.2, 0.25) is 0 Å². The second-order valence-corrected chi connectivity index (χ2v) is 8.49. The van der Waals surface area contributed by atoms with Crippen LogP contribution in [0.3, 0.4) is 0 Å². The molecule has 0 atom stereocenters. The molecule has 2 rings (SSSR count). The molecule has 0 saturated heterocycles. The highest BCUT2D eigenvalue weighted by Crippen LogP contribution is 2.41. The number of carbonyl (C=O) groups excluding carboxylic acids is 1. The molecule has 4 nitrogen and oxygen atoms in total. The van der Waals surface area contributed by atoms with E-state index in [0.29, 0.717) is 43.0 Å². The van der Waals surface area contributed by atoms with Gasteiger partial charge in [0.1, 0.15) is 9.88 Å². The molecule has 0 spiro atoms. The minimum Gasteiger partial charge on any atom is -0.337 e. The molecule has 0 aliphatic heterocycles. The third-order valence-electron chi connectivity index (χ3n) is 5.01. The molecular formula is C22H32F3N3OS. The molecule has 0 unspecified atom stereocenters. The average molecular weight is 444 g/mol. The minimum atomic E-state index is -4.42. The summed E-state index contributed by atoms with van der Waals surface area (Å²) in [5.74, 6) is -0.143. The molecule has 1 aliphatic rings. The number of halogens is 3. The van der Waals surface area contributed by atoms with Crippen LogP contribution in [0.25, 0.3) is 5.57 Å². The number of allylic oxidation sites excluding steroid dienone is 4. The van der Waals surface area contributed by atoms with Crippen LogP contribution in [0, 0.1) is 6.92 Å². The van der Waals surface area contributed by atoms with Crippen molar-refractivity contribution in [1.29, 1.82) is 0 Å². The Labute approximate surface area is 181 Å². The minimum absolute atomic E-state index is 0.0993. The smallest absolute Gasteiger partial charge is 0.337 e. The van der Waals surface area contributed by atoms with Gasteiger partial charge in [-0.1, -0.05) is 38.8 Å². The number of aromatic nitrogens is 1. The Balaban J connectivity index is 2.18. The van der Waals surface area contributed by atoms with Crippen LogP contribution in [-0.2, 0) is 0 Å². The number of hydrogen-bond donors (Lipinski definition) is 1. The van der Waals surface area contributed by atoms with Gasteiger partial charge in [-0.2, -0.15) is 13.2 Å². The van der Waals surface area contributed by atoms with E-state index in [0.717, 1.165) is 43.6 Å². The lowest BCUT2D eigenvalue weighted by Crippen LogP contribution is -2.37. The van der Waals surface area contributed by atoms with Crippen LogP contribution in [0.5, 0.6) is 0 Å². The Bertz CT molecular complexity index is 768. The van der Waals surface area contributed by atoms with Crippen molar-refractivity contribution in [2.24, 2.45) is 0 Å². The van der Waals surface area contributed by atoms with Gasteiger partial charge in [0, 0.05) is 25.2 Å². The van der Waals surface area contributed by atoms with Crippen LogP contribution in [0.15, 0.2) is 17.7 Å². The van der Waals surface area contributed by atoms with Gasteiger partial charge >= 0.3 is 6.18 Å². The molecule has 1 aromatic rings. The first kappa shape index (κ1) is 24.6. The first-order valence-electron chi connectivity index (χ1n) is 10.7. The number of amides is 1. The van der Waals surface area contributed by atoms with E-state index in [9.17, 15) is 18.0 Å². The molecular weight excluding hydrogens is 411 g/mol. The molecule has 1 N–H and O–H groups in total. The molecule has 0 fully saturated rings. The number of thiazole rings is 1. The number of carbonyl (C=O) groups is 1. The van der Waals surface area contributed by atoms with Crippen molar-refractivity contribution in [3.05, 3.63) is 33.3 Å². The van der Waals surface area contributed by atoms with Crippen LogP contribution in [-0.4, -0.2) is 48.1 Å². The summed E-state index contributed by atoms with van der Waals surface area (Å²) in [6.45, 7) is 8.72. The lowest BCUT2D eigenvalue weighted by molar-refractivity contribution is -0.0874. The van der Waals surface area contributed by atoms with E-state index in [4.69, 9.17) is 0 Å². The summed E-state index contributed by atoms with van der Waals surface area (Å²) in [7, 11) is 0. The van der Waals surface area contributed by atoms with E-state index in [2.05, 4.69) is 24.1 Å². The Hall–Kier alpha value is -1.67. The Kier molecular flexibility index (Phi) is 9.55. The summed E-state index contributed by atoms with van der Waals surface area (Å²) in [4.78, 5) is 19.8. The third kappa shape index (κ3) is 6.67. The van der Waals surface area contributed by atoms with Gasteiger partial charge in [-0.3, -0.25) is 4.79 Å². The number of nitrogens with one attached hydrogen (secondary N) is 1. The summed E-state index contributed by atoms with van der Waals surface area (Å²) in [5.41, 5.74) is -0.0554. The van der Waals surface area contributed by atoms with Crippen molar-refractivity contribution >= 4 is 22.8 Å². The second kappa shape index (κ2) is 11.6. The summed E-state index contributed by atoms with van der Waals surface area (Å²) in [5, 5.41) is 3.62. The molecule has 0 saturated carbocycles. The zero-order valence-corrected chi connectivity index (χ0v) is 18.9. The maximum absolute atomic E-state index is 13.4. The van der Waals surface area contributed by atoms with Crippen molar-refractivity contribution in [1.82, 2.24) is 15.2 Å². The van der Waals surface area contributed by atoms with Crippen molar-refractivity contribution in [2.45, 2.75) is 65.5 Å². The Morgan fingerprint density at radius 1 is 1.13 bits per heavy atom. The standard InChI is InChI=1S/C22H32F3N3OS/c1-4-6-12-26-13-15-28(14-7-5-2)21(29)19-16(3)27-20(30-19)17-10-8-9-11-18(17)22(23,24)25/h10-11,26H,4-9,12-15H2,1-3H3. The normalized spacial score (nSPS) is 14.5. The number of nitrogens with zero attached hydrogens (tertiary/aromatic N) is 2. The molecule has 1 amide bonds. The van der Waals surface area contributed by atoms with Crippen LogP contribution < -0.4 is 5.32 Å². The van der Waals surface area contributed by atoms with Crippen LogP contribution >= 0.6 is 11.3 Å². The lowest BCUT2D eigenvalue weighted by atomic mass is 9.98. The van der Waals surface area contributed by atoms with Crippen LogP contribution in [0.4, 0.5) is 13.2 Å². The summed E-state index contributed by atoms with van der Waals surface area (Å²) < 4.78 is 40.3. The topological polar surface area (TPSA) is 45.2 Å². The van der Waals surface area contributed by atoms with Crippen molar-refractivity contribution in [2.75, 3.05) is 26.2 Å². The van der Waals surface area contributed by atoms with Gasteiger partial charge in [0.05, 0.1) is 11.3 Å². The number of aryl methyl sites for hydroxylation is 1. The highest BCUT2D eigenvalue weighted by atomic mass is 32.1. The number of rotatable bonds is 11. The molecule has 1 aliphatic carbocycles. The second-order valence-electron chi connectivity index (χ2n) is 7.49. The highest BCUT2D eigenvalue weighted by molar-refractivity contribution is 7.15. The van der Waals surface area contributed by atoms with Crippen molar-refractivity contribution in [3.8, 4) is 0 Å². The van der Waals surface area contributed by atoms with Crippen molar-refractivity contribution < 1.29 is 18.0 Å². The zero-order valence-electron chi connectivity index (χ0n) is 18.1. The van der Waals surface area contributed by atoms with Gasteiger partial charge in [0.25, 0.3) is 5.91 Å². The van der Waals surface area contributed by atoms with E-state index in [1.807, 2.05) is 0 Å². The first-order valence-corrected chi connectivity index (χ1v) is 11.6. The van der Waals surface area contributed by atoms with E-state index < -0.39 is 11.7 Å². The van der Waals surface area contributed by atoms with E-state index in [1.54, 1.807) is 17.9 Å². The number of unbranched alkanes of at least 4 members (excludes halogenated alkanes) is 2. The van der Waals surface area contributed by atoms with Gasteiger partial charge in [-0.05, 0) is 39.2 Å². The molecule has 168 valence electrons. The molecule has 30 heavy (non-hydrogen) atoms. The predicted molar refractivity (Wildman–Crippen MR) is 117 cm³/mol. The SMILES string of the molecule is CCCCNCCN(CCCC)C(=O)c1sc(C2=CCCC=C2C(F)(F)F)nc1C. The van der Waals surface area contributed by atoms with Gasteiger partial charge in [0.15, 0.2) is 0 Å². The molecule has 1 aromatic heterocycles. The number of alkyl halides is 3. The maximum atomic E-state index is 13.4. The summed E-state index contributed by atoms with van der Waals surface area (Å²) in [6, 6.07) is 0.